The predicted molar refractivity (Wildman–Crippen MR) is 81.5 cm³/mol. The van der Waals surface area contributed by atoms with Crippen molar-refractivity contribution in [1.82, 2.24) is 4.31 Å². The minimum absolute atomic E-state index is 0.187. The van der Waals surface area contributed by atoms with Crippen molar-refractivity contribution in [3.8, 4) is 0 Å². The first kappa shape index (κ1) is 14.5. The Morgan fingerprint density at radius 3 is 2.74 bits per heavy atom. The molecule has 0 bridgehead atoms. The van der Waals surface area contributed by atoms with Gasteiger partial charge in [-0.05, 0) is 45.6 Å². The van der Waals surface area contributed by atoms with E-state index in [-0.39, 0.29) is 4.90 Å². The van der Waals surface area contributed by atoms with Crippen LogP contribution in [-0.2, 0) is 16.6 Å². The molecule has 1 heterocycles. The minimum atomic E-state index is -3.56. The van der Waals surface area contributed by atoms with E-state index >= 15 is 0 Å². The monoisotopic (exact) mass is 360 g/mol. The summed E-state index contributed by atoms with van der Waals surface area (Å²) < 4.78 is 26.8. The van der Waals surface area contributed by atoms with Gasteiger partial charge in [-0.15, -0.1) is 11.3 Å². The normalized spacial score (nSPS) is 11.9. The molecule has 0 saturated carbocycles. The Balaban J connectivity index is 2.33. The number of nitrogens with two attached hydrogens (primary N) is 1. The van der Waals surface area contributed by atoms with Crippen LogP contribution in [0.25, 0.3) is 0 Å². The van der Waals surface area contributed by atoms with Crippen LogP contribution in [0.15, 0.2) is 45.1 Å². The maximum atomic E-state index is 12.5. The highest BCUT2D eigenvalue weighted by Gasteiger charge is 2.23. The number of sulfonamides is 1. The summed E-state index contributed by atoms with van der Waals surface area (Å²) in [6.45, 7) is 0.348. The first-order chi connectivity index (χ1) is 8.91. The number of nitrogen functional groups attached to an aromatic ring is 1. The Kier molecular flexibility index (Phi) is 4.29. The molecule has 0 atom stereocenters. The lowest BCUT2D eigenvalue weighted by Gasteiger charge is -2.17. The molecular formula is C12H13BrN2O2S2. The maximum absolute atomic E-state index is 12.5. The van der Waals surface area contributed by atoms with E-state index in [1.165, 1.54) is 21.7 Å². The zero-order chi connectivity index (χ0) is 14.0. The molecule has 0 aliphatic carbocycles. The molecule has 1 aromatic heterocycles. The average Bonchev–Trinajstić information content (AvgIpc) is 2.85. The van der Waals surface area contributed by atoms with E-state index in [1.54, 1.807) is 19.2 Å². The van der Waals surface area contributed by atoms with Gasteiger partial charge in [0.1, 0.15) is 0 Å². The van der Waals surface area contributed by atoms with Crippen molar-refractivity contribution in [3.63, 3.8) is 0 Å². The van der Waals surface area contributed by atoms with E-state index in [0.29, 0.717) is 16.7 Å². The lowest BCUT2D eigenvalue weighted by Crippen LogP contribution is -2.26. The average molecular weight is 361 g/mol. The highest BCUT2D eigenvalue weighted by Crippen LogP contribution is 2.27. The molecule has 1 aromatic carbocycles. The molecule has 19 heavy (non-hydrogen) atoms. The largest absolute Gasteiger partial charge is 0.399 e. The van der Waals surface area contributed by atoms with Gasteiger partial charge in [-0.25, -0.2) is 8.42 Å². The van der Waals surface area contributed by atoms with E-state index in [9.17, 15) is 8.42 Å². The van der Waals surface area contributed by atoms with Gasteiger partial charge in [-0.2, -0.15) is 4.31 Å². The van der Waals surface area contributed by atoms with Crippen molar-refractivity contribution in [2.45, 2.75) is 11.4 Å². The zero-order valence-corrected chi connectivity index (χ0v) is 13.4. The molecule has 0 amide bonds. The standard InChI is InChI=1S/C12H13BrN2O2S2/c1-15(8-10-3-2-6-18-10)19(16,17)12-7-9(14)4-5-11(12)13/h2-7H,8,14H2,1H3. The molecule has 0 spiro atoms. The Labute approximate surface area is 125 Å². The van der Waals surface area contributed by atoms with Crippen LogP contribution >= 0.6 is 27.3 Å². The third kappa shape index (κ3) is 3.17. The molecule has 0 fully saturated rings. The second-order valence-electron chi connectivity index (χ2n) is 4.03. The van der Waals surface area contributed by atoms with Gasteiger partial charge in [-0.3, -0.25) is 0 Å². The minimum Gasteiger partial charge on any atom is -0.399 e. The topological polar surface area (TPSA) is 63.4 Å². The van der Waals surface area contributed by atoms with Gasteiger partial charge in [0, 0.05) is 28.6 Å². The van der Waals surface area contributed by atoms with Crippen LogP contribution in [0.4, 0.5) is 5.69 Å². The summed E-state index contributed by atoms with van der Waals surface area (Å²) in [5, 5.41) is 1.92. The van der Waals surface area contributed by atoms with Crippen molar-refractivity contribution < 1.29 is 8.42 Å². The smallest absolute Gasteiger partial charge is 0.244 e. The van der Waals surface area contributed by atoms with Gasteiger partial charge < -0.3 is 5.73 Å². The molecule has 7 heteroatoms. The van der Waals surface area contributed by atoms with Gasteiger partial charge >= 0.3 is 0 Å². The highest BCUT2D eigenvalue weighted by atomic mass is 79.9. The van der Waals surface area contributed by atoms with Crippen LogP contribution in [0.5, 0.6) is 0 Å². The van der Waals surface area contributed by atoms with E-state index in [2.05, 4.69) is 15.9 Å². The maximum Gasteiger partial charge on any atom is 0.244 e. The molecule has 0 radical (unpaired) electrons. The van der Waals surface area contributed by atoms with Gasteiger partial charge in [0.2, 0.25) is 10.0 Å². The SMILES string of the molecule is CN(Cc1cccs1)S(=O)(=O)c1cc(N)ccc1Br. The molecule has 0 aliphatic heterocycles. The number of anilines is 1. The van der Waals surface area contributed by atoms with Gasteiger partial charge in [0.25, 0.3) is 0 Å². The highest BCUT2D eigenvalue weighted by molar-refractivity contribution is 9.10. The number of thiophene rings is 1. The lowest BCUT2D eigenvalue weighted by molar-refractivity contribution is 0.469. The fourth-order valence-corrected chi connectivity index (χ4v) is 4.54. The quantitative estimate of drug-likeness (QED) is 0.852. The molecule has 4 nitrogen and oxygen atoms in total. The Bertz CT molecular complexity index is 669. The third-order valence-corrected chi connectivity index (χ3v) is 6.26. The molecule has 0 aliphatic rings. The molecule has 102 valence electrons. The summed E-state index contributed by atoms with van der Waals surface area (Å²) >= 11 is 4.78. The second-order valence-corrected chi connectivity index (χ2v) is 7.93. The number of hydrogen-bond acceptors (Lipinski definition) is 4. The summed E-state index contributed by atoms with van der Waals surface area (Å²) in [6.07, 6.45) is 0. The Morgan fingerprint density at radius 1 is 1.37 bits per heavy atom. The summed E-state index contributed by atoms with van der Waals surface area (Å²) in [7, 11) is -1.99. The van der Waals surface area contributed by atoms with Crippen molar-refractivity contribution in [3.05, 3.63) is 45.1 Å². The van der Waals surface area contributed by atoms with E-state index in [1.807, 2.05) is 17.5 Å². The van der Waals surface area contributed by atoms with Crippen molar-refractivity contribution in [2.75, 3.05) is 12.8 Å². The summed E-state index contributed by atoms with van der Waals surface area (Å²) in [6, 6.07) is 8.57. The summed E-state index contributed by atoms with van der Waals surface area (Å²) in [5.41, 5.74) is 6.08. The number of rotatable bonds is 4. The lowest BCUT2D eigenvalue weighted by atomic mass is 10.3. The Morgan fingerprint density at radius 2 is 2.11 bits per heavy atom. The van der Waals surface area contributed by atoms with Crippen LogP contribution in [0, 0.1) is 0 Å². The van der Waals surface area contributed by atoms with Gasteiger partial charge in [-0.1, -0.05) is 6.07 Å². The molecule has 2 rings (SSSR count). The van der Waals surface area contributed by atoms with Crippen LogP contribution in [-0.4, -0.2) is 19.8 Å². The summed E-state index contributed by atoms with van der Waals surface area (Å²) in [5.74, 6) is 0. The fraction of sp³-hybridized carbons (Fsp3) is 0.167. The zero-order valence-electron chi connectivity index (χ0n) is 10.2. The molecular weight excluding hydrogens is 348 g/mol. The number of hydrogen-bond donors (Lipinski definition) is 1. The molecule has 2 aromatic rings. The molecule has 0 saturated heterocycles. The molecule has 2 N–H and O–H groups in total. The van der Waals surface area contributed by atoms with E-state index < -0.39 is 10.0 Å². The predicted octanol–water partition coefficient (Wildman–Crippen LogP) is 2.91. The van der Waals surface area contributed by atoms with E-state index in [4.69, 9.17) is 5.73 Å². The first-order valence-electron chi connectivity index (χ1n) is 5.45. The number of benzene rings is 1. The van der Waals surface area contributed by atoms with Crippen molar-refractivity contribution in [1.29, 1.82) is 0 Å². The summed E-state index contributed by atoms with van der Waals surface area (Å²) in [4.78, 5) is 1.18. The van der Waals surface area contributed by atoms with Crippen molar-refractivity contribution in [2.24, 2.45) is 0 Å². The number of halogens is 1. The van der Waals surface area contributed by atoms with Gasteiger partial charge in [0.05, 0.1) is 4.90 Å². The van der Waals surface area contributed by atoms with Crippen LogP contribution in [0.3, 0.4) is 0 Å². The Hall–Kier alpha value is -0.890. The van der Waals surface area contributed by atoms with Crippen LogP contribution in [0.2, 0.25) is 0 Å². The molecule has 0 unspecified atom stereocenters. The number of nitrogens with zero attached hydrogens (tertiary/aromatic N) is 1. The van der Waals surface area contributed by atoms with Gasteiger partial charge in [0.15, 0.2) is 0 Å². The van der Waals surface area contributed by atoms with Crippen molar-refractivity contribution >= 4 is 43.0 Å². The fourth-order valence-electron chi connectivity index (χ4n) is 1.59. The van der Waals surface area contributed by atoms with Crippen LogP contribution in [0.1, 0.15) is 4.88 Å². The van der Waals surface area contributed by atoms with E-state index in [0.717, 1.165) is 4.88 Å². The second kappa shape index (κ2) is 5.62. The first-order valence-corrected chi connectivity index (χ1v) is 8.56. The van der Waals surface area contributed by atoms with Crippen LogP contribution < -0.4 is 5.73 Å². The third-order valence-electron chi connectivity index (χ3n) is 2.60.